The minimum Gasteiger partial charge on any atom is -0.439 e. The lowest BCUT2D eigenvalue weighted by Gasteiger charge is -2.08. The summed E-state index contributed by atoms with van der Waals surface area (Å²) >= 11 is 7.14. The van der Waals surface area contributed by atoms with E-state index in [1.165, 1.54) is 17.8 Å². The molecule has 3 rings (SSSR count). The minimum absolute atomic E-state index is 0.212. The lowest BCUT2D eigenvalue weighted by molar-refractivity contribution is 0.454. The summed E-state index contributed by atoms with van der Waals surface area (Å²) in [5.74, 6) is 0.183. The van der Waals surface area contributed by atoms with Crippen molar-refractivity contribution in [2.45, 2.75) is 17.8 Å². The maximum absolute atomic E-state index is 13.7. The van der Waals surface area contributed by atoms with Gasteiger partial charge in [-0.05, 0) is 43.3 Å². The number of benzene rings is 2. The predicted octanol–water partition coefficient (Wildman–Crippen LogP) is 5.80. The van der Waals surface area contributed by atoms with Crippen LogP contribution in [0, 0.1) is 18.6 Å². The van der Waals surface area contributed by atoms with Gasteiger partial charge in [0.1, 0.15) is 17.4 Å². The van der Waals surface area contributed by atoms with Crippen molar-refractivity contribution in [1.82, 2.24) is 9.97 Å². The third-order valence-electron chi connectivity index (χ3n) is 3.19. The number of nitrogens with zero attached hydrogens (tertiary/aromatic N) is 2. The summed E-state index contributed by atoms with van der Waals surface area (Å²) in [6.45, 7) is 1.80. The Morgan fingerprint density at radius 3 is 2.72 bits per heavy atom. The molecular weight excluding hydrogens is 366 g/mol. The third-order valence-corrected chi connectivity index (χ3v) is 4.32. The third kappa shape index (κ3) is 4.90. The molecule has 0 unspecified atom stereocenters. The molecule has 0 aliphatic rings. The van der Waals surface area contributed by atoms with Gasteiger partial charge in [-0.3, -0.25) is 0 Å². The van der Waals surface area contributed by atoms with Crippen molar-refractivity contribution in [3.8, 4) is 11.6 Å². The van der Waals surface area contributed by atoms with Gasteiger partial charge in [-0.25, -0.2) is 13.8 Å². The second-order valence-corrected chi connectivity index (χ2v) is 6.59. The van der Waals surface area contributed by atoms with Gasteiger partial charge in [0.2, 0.25) is 5.88 Å². The van der Waals surface area contributed by atoms with Gasteiger partial charge in [-0.2, -0.15) is 4.98 Å². The van der Waals surface area contributed by atoms with Gasteiger partial charge in [-0.15, -0.1) is 0 Å². The molecule has 1 heterocycles. The first-order valence-electron chi connectivity index (χ1n) is 7.35. The Kier molecular flexibility index (Phi) is 5.50. The number of hydrogen-bond donors (Lipinski definition) is 0. The number of aryl methyl sites for hydroxylation is 1. The van der Waals surface area contributed by atoms with Crippen molar-refractivity contribution in [3.05, 3.63) is 76.4 Å². The first kappa shape index (κ1) is 17.6. The monoisotopic (exact) mass is 378 g/mol. The molecule has 0 aliphatic heterocycles. The smallest absolute Gasteiger partial charge is 0.223 e. The van der Waals surface area contributed by atoms with Crippen molar-refractivity contribution in [2.75, 3.05) is 0 Å². The summed E-state index contributed by atoms with van der Waals surface area (Å²) in [5, 5.41) is 0.972. The zero-order valence-corrected chi connectivity index (χ0v) is 14.7. The lowest BCUT2D eigenvalue weighted by Crippen LogP contribution is -1.96. The van der Waals surface area contributed by atoms with E-state index >= 15 is 0 Å². The van der Waals surface area contributed by atoms with Crippen molar-refractivity contribution in [3.63, 3.8) is 0 Å². The minimum atomic E-state index is -0.480. The van der Waals surface area contributed by atoms with Crippen molar-refractivity contribution >= 4 is 23.4 Å². The van der Waals surface area contributed by atoms with E-state index in [4.69, 9.17) is 16.3 Å². The van der Waals surface area contributed by atoms with Crippen molar-refractivity contribution in [2.24, 2.45) is 0 Å². The maximum atomic E-state index is 13.7. The fourth-order valence-electron chi connectivity index (χ4n) is 2.08. The van der Waals surface area contributed by atoms with Crippen LogP contribution in [0.15, 0.2) is 53.7 Å². The van der Waals surface area contributed by atoms with Crippen LogP contribution < -0.4 is 4.74 Å². The molecule has 0 saturated carbocycles. The van der Waals surface area contributed by atoms with Crippen LogP contribution in [0.1, 0.15) is 11.3 Å². The number of thioether (sulfide) groups is 1. The molecule has 25 heavy (non-hydrogen) atoms. The molecule has 0 atom stereocenters. The molecule has 3 aromatic rings. The molecule has 0 aliphatic carbocycles. The molecule has 2 aromatic carbocycles. The van der Waals surface area contributed by atoms with Crippen molar-refractivity contribution in [1.29, 1.82) is 0 Å². The number of hydrogen-bond acceptors (Lipinski definition) is 4. The highest BCUT2D eigenvalue weighted by Gasteiger charge is 2.09. The van der Waals surface area contributed by atoms with E-state index in [1.807, 2.05) is 0 Å². The quantitative estimate of drug-likeness (QED) is 0.415. The van der Waals surface area contributed by atoms with Gasteiger partial charge >= 0.3 is 0 Å². The number of halogens is 3. The number of rotatable bonds is 5. The molecule has 0 bridgehead atoms. The fraction of sp³-hybridized carbons (Fsp3) is 0.111. The highest BCUT2D eigenvalue weighted by atomic mass is 35.5. The highest BCUT2D eigenvalue weighted by Crippen LogP contribution is 2.27. The van der Waals surface area contributed by atoms with E-state index in [1.54, 1.807) is 37.3 Å². The Hall–Kier alpha value is -2.18. The van der Waals surface area contributed by atoms with Gasteiger partial charge < -0.3 is 4.74 Å². The molecule has 0 radical (unpaired) electrons. The molecule has 128 valence electrons. The second kappa shape index (κ2) is 7.80. The zero-order valence-electron chi connectivity index (χ0n) is 13.2. The van der Waals surface area contributed by atoms with Crippen LogP contribution in [-0.4, -0.2) is 9.97 Å². The second-order valence-electron chi connectivity index (χ2n) is 5.21. The summed E-state index contributed by atoms with van der Waals surface area (Å²) in [5.41, 5.74) is 0.960. The first-order valence-corrected chi connectivity index (χ1v) is 8.72. The van der Waals surface area contributed by atoms with Crippen LogP contribution in [0.4, 0.5) is 8.78 Å². The molecule has 0 N–H and O–H groups in total. The van der Waals surface area contributed by atoms with Crippen LogP contribution in [0.5, 0.6) is 11.6 Å². The SMILES string of the molecule is Cc1cc(Oc2cccc(Cl)c2)nc(SCc2cc(F)ccc2F)n1. The van der Waals surface area contributed by atoms with Crippen LogP contribution in [0.3, 0.4) is 0 Å². The van der Waals surface area contributed by atoms with Crippen LogP contribution >= 0.6 is 23.4 Å². The Labute approximate surface area is 153 Å². The summed E-state index contributed by atoms with van der Waals surface area (Å²) in [6, 6.07) is 12.0. The molecule has 0 spiro atoms. The molecule has 0 amide bonds. The number of ether oxygens (including phenoxy) is 1. The van der Waals surface area contributed by atoms with Gasteiger partial charge in [-0.1, -0.05) is 29.4 Å². The Balaban J connectivity index is 1.76. The van der Waals surface area contributed by atoms with E-state index in [0.29, 0.717) is 27.5 Å². The molecule has 0 saturated heterocycles. The van der Waals surface area contributed by atoms with E-state index in [9.17, 15) is 8.78 Å². The van der Waals surface area contributed by atoms with Gasteiger partial charge in [0.05, 0.1) is 0 Å². The molecular formula is C18H13ClF2N2OS. The summed E-state index contributed by atoms with van der Waals surface area (Å²) in [7, 11) is 0. The average molecular weight is 379 g/mol. The topological polar surface area (TPSA) is 35.0 Å². The van der Waals surface area contributed by atoms with E-state index in [-0.39, 0.29) is 11.3 Å². The largest absolute Gasteiger partial charge is 0.439 e. The highest BCUT2D eigenvalue weighted by molar-refractivity contribution is 7.98. The zero-order chi connectivity index (χ0) is 17.8. The predicted molar refractivity (Wildman–Crippen MR) is 94.2 cm³/mol. The fourth-order valence-corrected chi connectivity index (χ4v) is 3.13. The standard InChI is InChI=1S/C18H13ClF2N2OS/c1-11-7-17(24-15-4-2-3-13(19)9-15)23-18(22-11)25-10-12-8-14(20)5-6-16(12)21/h2-9H,10H2,1H3. The summed E-state index contributed by atoms with van der Waals surface area (Å²) in [6.07, 6.45) is 0. The number of aromatic nitrogens is 2. The van der Waals surface area contributed by atoms with E-state index in [2.05, 4.69) is 9.97 Å². The van der Waals surface area contributed by atoms with Crippen LogP contribution in [-0.2, 0) is 5.75 Å². The first-order chi connectivity index (χ1) is 12.0. The molecule has 1 aromatic heterocycles. The van der Waals surface area contributed by atoms with E-state index in [0.717, 1.165) is 12.1 Å². The summed E-state index contributed by atoms with van der Waals surface area (Å²) < 4.78 is 32.6. The van der Waals surface area contributed by atoms with Gasteiger partial charge in [0.25, 0.3) is 0 Å². The van der Waals surface area contributed by atoms with Gasteiger partial charge in [0, 0.05) is 28.1 Å². The molecule has 3 nitrogen and oxygen atoms in total. The lowest BCUT2D eigenvalue weighted by atomic mass is 10.2. The Morgan fingerprint density at radius 2 is 1.92 bits per heavy atom. The van der Waals surface area contributed by atoms with Crippen LogP contribution in [0.2, 0.25) is 5.02 Å². The summed E-state index contributed by atoms with van der Waals surface area (Å²) in [4.78, 5) is 8.59. The molecule has 7 heteroatoms. The van der Waals surface area contributed by atoms with Gasteiger partial charge in [0.15, 0.2) is 5.16 Å². The van der Waals surface area contributed by atoms with E-state index < -0.39 is 11.6 Å². The van der Waals surface area contributed by atoms with Crippen molar-refractivity contribution < 1.29 is 13.5 Å². The van der Waals surface area contributed by atoms with Crippen LogP contribution in [0.25, 0.3) is 0 Å². The normalized spacial score (nSPS) is 10.7. The Bertz CT molecular complexity index is 908. The Morgan fingerprint density at radius 1 is 1.08 bits per heavy atom. The maximum Gasteiger partial charge on any atom is 0.223 e. The molecule has 0 fully saturated rings. The average Bonchev–Trinajstić information content (AvgIpc) is 2.55.